The van der Waals surface area contributed by atoms with Gasteiger partial charge in [-0.25, -0.2) is 0 Å². The highest BCUT2D eigenvalue weighted by molar-refractivity contribution is 6.02. The number of rotatable bonds is 6. The molecule has 3 N–H and O–H groups in total. The first-order chi connectivity index (χ1) is 13.5. The van der Waals surface area contributed by atoms with Crippen molar-refractivity contribution in [2.45, 2.75) is 13.3 Å². The van der Waals surface area contributed by atoms with E-state index in [0.717, 1.165) is 5.56 Å². The van der Waals surface area contributed by atoms with Crippen molar-refractivity contribution in [2.24, 2.45) is 0 Å². The Balaban J connectivity index is 1.52. The molecule has 0 unspecified atom stereocenters. The fraction of sp³-hybridized carbons (Fsp3) is 0.0952. The Bertz CT molecular complexity index is 962. The van der Waals surface area contributed by atoms with Crippen LogP contribution in [0.3, 0.4) is 0 Å². The lowest BCUT2D eigenvalue weighted by Gasteiger charge is -2.08. The highest BCUT2D eigenvalue weighted by Crippen LogP contribution is 2.16. The van der Waals surface area contributed by atoms with E-state index in [0.29, 0.717) is 17.1 Å². The quantitative estimate of drug-likeness (QED) is 0.610. The van der Waals surface area contributed by atoms with Crippen LogP contribution in [0.2, 0.25) is 0 Å². The number of hydrogen-bond acceptors (Lipinski definition) is 4. The van der Waals surface area contributed by atoms with E-state index in [1.807, 2.05) is 0 Å². The van der Waals surface area contributed by atoms with Gasteiger partial charge in [-0.2, -0.15) is 0 Å². The molecule has 0 saturated heterocycles. The molecule has 0 bridgehead atoms. The zero-order valence-electron chi connectivity index (χ0n) is 15.2. The van der Waals surface area contributed by atoms with Crippen LogP contribution in [-0.4, -0.2) is 17.7 Å². The smallest absolute Gasteiger partial charge is 0.291 e. The topological polar surface area (TPSA) is 100 Å². The van der Waals surface area contributed by atoms with Crippen LogP contribution in [0.1, 0.15) is 23.0 Å². The van der Waals surface area contributed by atoms with Crippen molar-refractivity contribution in [3.8, 4) is 0 Å². The third-order valence-corrected chi connectivity index (χ3v) is 3.81. The summed E-state index contributed by atoms with van der Waals surface area (Å²) in [5.74, 6) is -0.430. The lowest BCUT2D eigenvalue weighted by molar-refractivity contribution is -0.116. The summed E-state index contributed by atoms with van der Waals surface area (Å²) in [4.78, 5) is 35.1. The van der Waals surface area contributed by atoms with Crippen molar-refractivity contribution in [3.63, 3.8) is 0 Å². The van der Waals surface area contributed by atoms with Gasteiger partial charge < -0.3 is 20.4 Å². The largest absolute Gasteiger partial charge is 0.459 e. The first kappa shape index (κ1) is 18.9. The van der Waals surface area contributed by atoms with E-state index in [1.165, 1.54) is 13.2 Å². The molecule has 0 radical (unpaired) electrons. The van der Waals surface area contributed by atoms with Gasteiger partial charge in [0.05, 0.1) is 12.7 Å². The maximum Gasteiger partial charge on any atom is 0.291 e. The Morgan fingerprint density at radius 3 is 1.93 bits per heavy atom. The van der Waals surface area contributed by atoms with Crippen LogP contribution in [0.4, 0.5) is 17.1 Å². The summed E-state index contributed by atoms with van der Waals surface area (Å²) in [5, 5.41) is 8.19. The van der Waals surface area contributed by atoms with Crippen LogP contribution in [0.5, 0.6) is 0 Å². The van der Waals surface area contributed by atoms with E-state index < -0.39 is 0 Å². The maximum atomic E-state index is 12.2. The molecular weight excluding hydrogens is 358 g/mol. The fourth-order valence-electron chi connectivity index (χ4n) is 2.54. The molecule has 0 spiro atoms. The second-order valence-corrected chi connectivity index (χ2v) is 6.11. The van der Waals surface area contributed by atoms with Gasteiger partial charge in [-0.05, 0) is 54.1 Å². The normalized spacial score (nSPS) is 10.2. The van der Waals surface area contributed by atoms with Crippen molar-refractivity contribution < 1.29 is 18.8 Å². The monoisotopic (exact) mass is 377 g/mol. The number of benzene rings is 2. The van der Waals surface area contributed by atoms with Gasteiger partial charge in [0.2, 0.25) is 11.8 Å². The van der Waals surface area contributed by atoms with Gasteiger partial charge in [0.25, 0.3) is 5.91 Å². The minimum atomic E-state index is -0.343. The summed E-state index contributed by atoms with van der Waals surface area (Å²) in [7, 11) is 0. The second kappa shape index (κ2) is 8.68. The van der Waals surface area contributed by atoms with Crippen molar-refractivity contribution >= 4 is 34.8 Å². The Morgan fingerprint density at radius 2 is 1.36 bits per heavy atom. The fourth-order valence-corrected chi connectivity index (χ4v) is 2.54. The summed E-state index contributed by atoms with van der Waals surface area (Å²) in [6, 6.07) is 17.1. The summed E-state index contributed by atoms with van der Waals surface area (Å²) in [6.07, 6.45) is 1.64. The molecule has 0 saturated carbocycles. The maximum absolute atomic E-state index is 12.2. The Hall–Kier alpha value is -3.87. The summed E-state index contributed by atoms with van der Waals surface area (Å²) >= 11 is 0. The van der Waals surface area contributed by atoms with Gasteiger partial charge >= 0.3 is 0 Å². The molecule has 3 amide bonds. The molecule has 1 aromatic heterocycles. The second-order valence-electron chi connectivity index (χ2n) is 6.11. The number of nitrogens with one attached hydrogen (secondary N) is 3. The van der Waals surface area contributed by atoms with Crippen LogP contribution in [0.15, 0.2) is 71.3 Å². The summed E-state index contributed by atoms with van der Waals surface area (Å²) in [6.45, 7) is 1.44. The molecule has 0 aliphatic carbocycles. The van der Waals surface area contributed by atoms with Gasteiger partial charge in [0.1, 0.15) is 0 Å². The minimum Gasteiger partial charge on any atom is -0.459 e. The number of hydrogen-bond donors (Lipinski definition) is 3. The zero-order chi connectivity index (χ0) is 19.9. The van der Waals surface area contributed by atoms with Gasteiger partial charge in [0, 0.05) is 24.0 Å². The standard InChI is InChI=1S/C21H19N3O4/c1-14(25)22-16-6-4-15(5-7-16)13-20(26)23-17-8-10-18(11-9-17)24-21(27)19-3-2-12-28-19/h2-12H,13H2,1H3,(H,22,25)(H,23,26)(H,24,27). The predicted octanol–water partition coefficient (Wildman–Crippen LogP) is 3.67. The van der Waals surface area contributed by atoms with E-state index in [4.69, 9.17) is 4.42 Å². The number of anilines is 3. The van der Waals surface area contributed by atoms with Crippen LogP contribution in [0.25, 0.3) is 0 Å². The average molecular weight is 377 g/mol. The molecule has 2 aromatic carbocycles. The van der Waals surface area contributed by atoms with Gasteiger partial charge in [-0.15, -0.1) is 0 Å². The molecule has 0 aliphatic rings. The van der Waals surface area contributed by atoms with Crippen LogP contribution in [0, 0.1) is 0 Å². The van der Waals surface area contributed by atoms with Crippen molar-refractivity contribution in [1.29, 1.82) is 0 Å². The number of carbonyl (C=O) groups excluding carboxylic acids is 3. The molecule has 0 aliphatic heterocycles. The first-order valence-corrected chi connectivity index (χ1v) is 8.61. The van der Waals surface area contributed by atoms with Gasteiger partial charge in [0.15, 0.2) is 5.76 Å². The highest BCUT2D eigenvalue weighted by Gasteiger charge is 2.09. The van der Waals surface area contributed by atoms with E-state index in [-0.39, 0.29) is 29.9 Å². The molecule has 0 atom stereocenters. The van der Waals surface area contributed by atoms with Crippen molar-refractivity contribution in [3.05, 3.63) is 78.3 Å². The van der Waals surface area contributed by atoms with Crippen LogP contribution < -0.4 is 16.0 Å². The number of furan rings is 1. The average Bonchev–Trinajstić information content (AvgIpc) is 3.19. The third kappa shape index (κ3) is 5.31. The predicted molar refractivity (Wildman–Crippen MR) is 106 cm³/mol. The van der Waals surface area contributed by atoms with E-state index in [2.05, 4.69) is 16.0 Å². The molecule has 142 valence electrons. The number of amides is 3. The summed E-state index contributed by atoms with van der Waals surface area (Å²) in [5.41, 5.74) is 2.72. The Kier molecular flexibility index (Phi) is 5.86. The summed E-state index contributed by atoms with van der Waals surface area (Å²) < 4.78 is 5.04. The molecule has 0 fully saturated rings. The highest BCUT2D eigenvalue weighted by atomic mass is 16.3. The van der Waals surface area contributed by atoms with Crippen molar-refractivity contribution in [2.75, 3.05) is 16.0 Å². The first-order valence-electron chi connectivity index (χ1n) is 8.61. The third-order valence-electron chi connectivity index (χ3n) is 3.81. The molecule has 28 heavy (non-hydrogen) atoms. The molecular formula is C21H19N3O4. The molecule has 7 heteroatoms. The number of carbonyl (C=O) groups is 3. The minimum absolute atomic E-state index is 0.144. The zero-order valence-corrected chi connectivity index (χ0v) is 15.2. The lowest BCUT2D eigenvalue weighted by atomic mass is 10.1. The molecule has 3 rings (SSSR count). The molecule has 7 nitrogen and oxygen atoms in total. The Morgan fingerprint density at radius 1 is 0.786 bits per heavy atom. The Labute approximate surface area is 161 Å². The van der Waals surface area contributed by atoms with Gasteiger partial charge in [-0.1, -0.05) is 12.1 Å². The van der Waals surface area contributed by atoms with E-state index in [1.54, 1.807) is 60.7 Å². The molecule has 1 heterocycles. The molecule has 3 aromatic rings. The lowest BCUT2D eigenvalue weighted by Crippen LogP contribution is -2.15. The van der Waals surface area contributed by atoms with Crippen molar-refractivity contribution in [1.82, 2.24) is 0 Å². The van der Waals surface area contributed by atoms with Gasteiger partial charge in [-0.3, -0.25) is 14.4 Å². The van der Waals surface area contributed by atoms with Crippen LogP contribution in [-0.2, 0) is 16.0 Å². The SMILES string of the molecule is CC(=O)Nc1ccc(CC(=O)Nc2ccc(NC(=O)c3ccco3)cc2)cc1. The van der Waals surface area contributed by atoms with E-state index in [9.17, 15) is 14.4 Å². The van der Waals surface area contributed by atoms with E-state index >= 15 is 0 Å². The van der Waals surface area contributed by atoms with Crippen LogP contribution >= 0.6 is 0 Å².